The lowest BCUT2D eigenvalue weighted by molar-refractivity contribution is -0.389. The largest absolute Gasteiger partial charge is 0.389 e. The smallest absolute Gasteiger partial charge is 0.358 e. The zero-order valence-electron chi connectivity index (χ0n) is 13.7. The molecule has 2 aromatic heterocycles. The maximum Gasteiger partial charge on any atom is 0.389 e. The molecule has 1 amide bonds. The molecule has 0 aliphatic carbocycles. The summed E-state index contributed by atoms with van der Waals surface area (Å²) in [5.74, 6) is -0.588. The summed E-state index contributed by atoms with van der Waals surface area (Å²) in [5, 5.41) is 21.6. The average Bonchev–Trinajstić information content (AvgIpc) is 3.19. The van der Waals surface area contributed by atoms with Crippen molar-refractivity contribution in [2.45, 2.75) is 33.4 Å². The molecule has 0 saturated heterocycles. The number of nitrogens with one attached hydrogen (secondary N) is 3. The molecule has 2 heterocycles. The number of carbonyl (C=O) groups is 1. The fraction of sp³-hybridized carbons (Fsp3) is 0.385. The summed E-state index contributed by atoms with van der Waals surface area (Å²) in [7, 11) is 0. The first-order valence-electron chi connectivity index (χ1n) is 7.46. The number of hydrazine groups is 1. The van der Waals surface area contributed by atoms with Crippen LogP contribution in [0.25, 0.3) is 0 Å². The van der Waals surface area contributed by atoms with Gasteiger partial charge in [-0.1, -0.05) is 0 Å². The molecule has 0 atom stereocenters. The molecule has 11 nitrogen and oxygen atoms in total. The Balaban J connectivity index is 1.74. The Morgan fingerprint density at radius 2 is 2.20 bits per heavy atom. The van der Waals surface area contributed by atoms with E-state index in [1.807, 2.05) is 18.5 Å². The number of rotatable bonds is 6. The standard InChI is InChI=1S/C13H18N8O3S/c1-3-20-9(2)10(8-14-20)15-13(25)17-16-12(22)5-7-19-6-4-11(18-19)21(23)24/h4,6,8H,3,5,7H2,1-2H3,(H,16,22)(H2,15,17,25). The first kappa shape index (κ1) is 18.3. The number of nitrogens with zero attached hydrogens (tertiary/aromatic N) is 5. The number of carbonyl (C=O) groups excluding carboxylic acids is 1. The number of nitro groups is 1. The van der Waals surface area contributed by atoms with Gasteiger partial charge in [0.05, 0.1) is 41.5 Å². The summed E-state index contributed by atoms with van der Waals surface area (Å²) in [6, 6.07) is 1.27. The van der Waals surface area contributed by atoms with Gasteiger partial charge in [-0.05, 0) is 31.0 Å². The van der Waals surface area contributed by atoms with Crippen molar-refractivity contribution >= 4 is 34.7 Å². The lowest BCUT2D eigenvalue weighted by Crippen LogP contribution is -2.44. The van der Waals surface area contributed by atoms with Crippen molar-refractivity contribution in [1.82, 2.24) is 30.4 Å². The second kappa shape index (κ2) is 8.19. The van der Waals surface area contributed by atoms with Gasteiger partial charge in [-0.3, -0.25) is 20.3 Å². The highest BCUT2D eigenvalue weighted by molar-refractivity contribution is 7.80. The zero-order valence-corrected chi connectivity index (χ0v) is 14.5. The van der Waals surface area contributed by atoms with Gasteiger partial charge in [-0.25, -0.2) is 0 Å². The van der Waals surface area contributed by atoms with Crippen LogP contribution in [0, 0.1) is 17.0 Å². The lowest BCUT2D eigenvalue weighted by atomic mass is 10.4. The van der Waals surface area contributed by atoms with Crippen LogP contribution in [0.2, 0.25) is 0 Å². The van der Waals surface area contributed by atoms with Gasteiger partial charge in [-0.2, -0.15) is 9.78 Å². The molecule has 25 heavy (non-hydrogen) atoms. The van der Waals surface area contributed by atoms with Crippen LogP contribution >= 0.6 is 12.2 Å². The number of hydrogen-bond donors (Lipinski definition) is 3. The molecule has 0 aromatic carbocycles. The topological polar surface area (TPSA) is 132 Å². The van der Waals surface area contributed by atoms with E-state index in [1.165, 1.54) is 16.9 Å². The van der Waals surface area contributed by atoms with Crippen LogP contribution in [0.5, 0.6) is 0 Å². The van der Waals surface area contributed by atoms with E-state index in [2.05, 4.69) is 26.4 Å². The molecule has 0 saturated carbocycles. The minimum Gasteiger partial charge on any atom is -0.358 e. The van der Waals surface area contributed by atoms with Gasteiger partial charge in [0, 0.05) is 13.0 Å². The van der Waals surface area contributed by atoms with E-state index in [1.54, 1.807) is 6.20 Å². The molecule has 2 aromatic rings. The molecule has 134 valence electrons. The third kappa shape index (κ3) is 4.97. The van der Waals surface area contributed by atoms with Crippen LogP contribution < -0.4 is 16.2 Å². The number of aryl methyl sites for hydroxylation is 2. The number of hydrogen-bond acceptors (Lipinski definition) is 6. The predicted molar refractivity (Wildman–Crippen MR) is 93.6 cm³/mol. The third-order valence-corrected chi connectivity index (χ3v) is 3.55. The molecule has 12 heteroatoms. The van der Waals surface area contributed by atoms with Gasteiger partial charge in [0.2, 0.25) is 5.91 Å². The maximum absolute atomic E-state index is 11.8. The van der Waals surface area contributed by atoms with E-state index in [4.69, 9.17) is 12.2 Å². The molecule has 0 bridgehead atoms. The second-order valence-corrected chi connectivity index (χ2v) is 5.44. The van der Waals surface area contributed by atoms with Crippen LogP contribution in [-0.4, -0.2) is 35.5 Å². The number of amides is 1. The Bertz CT molecular complexity index is 784. The van der Waals surface area contributed by atoms with Crippen LogP contribution in [-0.2, 0) is 17.9 Å². The Morgan fingerprint density at radius 1 is 1.44 bits per heavy atom. The number of aromatic nitrogens is 4. The van der Waals surface area contributed by atoms with Crippen LogP contribution in [0.15, 0.2) is 18.5 Å². The first-order chi connectivity index (χ1) is 11.9. The van der Waals surface area contributed by atoms with Crippen molar-refractivity contribution in [1.29, 1.82) is 0 Å². The second-order valence-electron chi connectivity index (χ2n) is 5.03. The summed E-state index contributed by atoms with van der Waals surface area (Å²) < 4.78 is 3.14. The fourth-order valence-electron chi connectivity index (χ4n) is 2.02. The monoisotopic (exact) mass is 366 g/mol. The van der Waals surface area contributed by atoms with E-state index in [0.29, 0.717) is 0 Å². The van der Waals surface area contributed by atoms with E-state index >= 15 is 0 Å². The van der Waals surface area contributed by atoms with Crippen molar-refractivity contribution in [3.8, 4) is 0 Å². The molecule has 0 radical (unpaired) electrons. The quantitative estimate of drug-likeness (QED) is 0.387. The summed E-state index contributed by atoms with van der Waals surface area (Å²) in [4.78, 5) is 21.7. The van der Waals surface area contributed by atoms with Gasteiger partial charge < -0.3 is 15.4 Å². The maximum atomic E-state index is 11.8. The molecule has 0 spiro atoms. The van der Waals surface area contributed by atoms with Crippen molar-refractivity contribution in [2.24, 2.45) is 0 Å². The summed E-state index contributed by atoms with van der Waals surface area (Å²) >= 11 is 5.10. The minimum atomic E-state index is -0.592. The van der Waals surface area contributed by atoms with E-state index in [-0.39, 0.29) is 29.8 Å². The minimum absolute atomic E-state index is 0.0846. The molecule has 0 aliphatic heterocycles. The Kier molecular flexibility index (Phi) is 6.00. The van der Waals surface area contributed by atoms with Gasteiger partial charge in [0.15, 0.2) is 5.11 Å². The average molecular weight is 366 g/mol. The Hall–Kier alpha value is -3.02. The third-order valence-electron chi connectivity index (χ3n) is 3.35. The highest BCUT2D eigenvalue weighted by Crippen LogP contribution is 2.12. The number of anilines is 1. The summed E-state index contributed by atoms with van der Waals surface area (Å²) in [6.07, 6.45) is 3.18. The van der Waals surface area contributed by atoms with Crippen molar-refractivity contribution in [3.63, 3.8) is 0 Å². The first-order valence-corrected chi connectivity index (χ1v) is 7.87. The van der Waals surface area contributed by atoms with E-state index < -0.39 is 4.92 Å². The van der Waals surface area contributed by atoms with Gasteiger partial charge >= 0.3 is 5.82 Å². The van der Waals surface area contributed by atoms with Gasteiger partial charge in [0.1, 0.15) is 0 Å². The Labute approximate surface area is 148 Å². The normalized spacial score (nSPS) is 10.3. The Morgan fingerprint density at radius 3 is 2.80 bits per heavy atom. The highest BCUT2D eigenvalue weighted by Gasteiger charge is 2.12. The molecule has 0 aliphatic rings. The number of thiocarbonyl (C=S) groups is 1. The van der Waals surface area contributed by atoms with Crippen LogP contribution in [0.3, 0.4) is 0 Å². The SMILES string of the molecule is CCn1ncc(NC(=S)NNC(=O)CCn2ccc([N+](=O)[O-])n2)c1C. The molecule has 0 unspecified atom stereocenters. The van der Waals surface area contributed by atoms with Crippen molar-refractivity contribution in [2.75, 3.05) is 5.32 Å². The molecular weight excluding hydrogens is 348 g/mol. The van der Waals surface area contributed by atoms with Crippen molar-refractivity contribution in [3.05, 3.63) is 34.3 Å². The van der Waals surface area contributed by atoms with Crippen LogP contribution in [0.1, 0.15) is 19.0 Å². The predicted octanol–water partition coefficient (Wildman–Crippen LogP) is 0.724. The lowest BCUT2D eigenvalue weighted by Gasteiger charge is -2.11. The summed E-state index contributed by atoms with van der Waals surface area (Å²) in [6.45, 7) is 4.85. The molecule has 3 N–H and O–H groups in total. The van der Waals surface area contributed by atoms with Gasteiger partial charge in [-0.15, -0.1) is 0 Å². The van der Waals surface area contributed by atoms with Gasteiger partial charge in [0.25, 0.3) is 0 Å². The zero-order chi connectivity index (χ0) is 18.4. The molecule has 2 rings (SSSR count). The van der Waals surface area contributed by atoms with E-state index in [9.17, 15) is 14.9 Å². The van der Waals surface area contributed by atoms with Crippen LogP contribution in [0.4, 0.5) is 11.5 Å². The van der Waals surface area contributed by atoms with E-state index in [0.717, 1.165) is 17.9 Å². The molecule has 0 fully saturated rings. The molecular formula is C13H18N8O3S. The fourth-order valence-corrected chi connectivity index (χ4v) is 2.18. The summed E-state index contributed by atoms with van der Waals surface area (Å²) in [5.41, 5.74) is 6.72. The highest BCUT2D eigenvalue weighted by atomic mass is 32.1. The van der Waals surface area contributed by atoms with Crippen molar-refractivity contribution < 1.29 is 9.72 Å².